The molecule has 0 N–H and O–H groups in total. The van der Waals surface area contributed by atoms with Crippen molar-refractivity contribution in [2.24, 2.45) is 5.92 Å². The first-order valence-corrected chi connectivity index (χ1v) is 14.3. The minimum atomic E-state index is -1.07. The van der Waals surface area contributed by atoms with Gasteiger partial charge in [-0.3, -0.25) is 0 Å². The highest BCUT2D eigenvalue weighted by molar-refractivity contribution is 6.30. The van der Waals surface area contributed by atoms with Gasteiger partial charge in [0.15, 0.2) is 0 Å². The quantitative estimate of drug-likeness (QED) is 0.0865. The number of unbranched alkanes of at least 4 members (excludes halogenated alkanes) is 2. The van der Waals surface area contributed by atoms with E-state index in [1.807, 2.05) is 12.1 Å². The standard InChI is InChI=1S/C31H44O9/c1-5-6-7-8-24-20-27-29(26-19-22(2)9-10-25(26)23(3)39-27)28(21-24)40-31(33)30(32)38-18-17-37-16-15-36-14-13-35-12-11-34-4/h19-21,25-26H,3,5-18H2,1-2,4H3/t25-,26+/m0/s1. The van der Waals surface area contributed by atoms with E-state index in [-0.39, 0.29) is 25.0 Å². The van der Waals surface area contributed by atoms with Crippen LogP contribution in [0.3, 0.4) is 0 Å². The summed E-state index contributed by atoms with van der Waals surface area (Å²) in [6.07, 6.45) is 8.08. The number of hydrogen-bond acceptors (Lipinski definition) is 9. The molecule has 0 bridgehead atoms. The number of rotatable bonds is 17. The summed E-state index contributed by atoms with van der Waals surface area (Å²) < 4.78 is 37.9. The van der Waals surface area contributed by atoms with Gasteiger partial charge in [0.05, 0.1) is 46.2 Å². The maximum atomic E-state index is 12.7. The van der Waals surface area contributed by atoms with Crippen LogP contribution in [0, 0.1) is 5.92 Å². The predicted octanol–water partition coefficient (Wildman–Crippen LogP) is 4.91. The van der Waals surface area contributed by atoms with Crippen LogP contribution >= 0.6 is 0 Å². The van der Waals surface area contributed by atoms with E-state index >= 15 is 0 Å². The van der Waals surface area contributed by atoms with E-state index < -0.39 is 11.9 Å². The number of esters is 2. The third-order valence-electron chi connectivity index (χ3n) is 6.97. The molecule has 1 heterocycles. The molecule has 1 aromatic rings. The van der Waals surface area contributed by atoms with Gasteiger partial charge in [0.1, 0.15) is 23.9 Å². The second-order valence-electron chi connectivity index (χ2n) is 10.1. The number of allylic oxidation sites excluding steroid dienone is 3. The topological polar surface area (TPSA) is 98.8 Å². The minimum Gasteiger partial charge on any atom is -0.462 e. The molecule has 0 saturated heterocycles. The van der Waals surface area contributed by atoms with Gasteiger partial charge in [0.25, 0.3) is 0 Å². The van der Waals surface area contributed by atoms with E-state index in [2.05, 4.69) is 26.5 Å². The Labute approximate surface area is 237 Å². The summed E-state index contributed by atoms with van der Waals surface area (Å²) in [5.41, 5.74) is 3.04. The Morgan fingerprint density at radius 3 is 2.30 bits per heavy atom. The van der Waals surface area contributed by atoms with Crippen molar-refractivity contribution < 1.29 is 42.7 Å². The van der Waals surface area contributed by atoms with E-state index in [0.29, 0.717) is 51.1 Å². The lowest BCUT2D eigenvalue weighted by Gasteiger charge is -2.37. The second-order valence-corrected chi connectivity index (χ2v) is 10.1. The van der Waals surface area contributed by atoms with Crippen LogP contribution in [0.5, 0.6) is 11.5 Å². The molecule has 0 radical (unpaired) electrons. The number of fused-ring (bicyclic) bond motifs is 3. The first kappa shape index (κ1) is 31.8. The van der Waals surface area contributed by atoms with E-state index in [0.717, 1.165) is 55.4 Å². The van der Waals surface area contributed by atoms with Gasteiger partial charge < -0.3 is 33.2 Å². The summed E-state index contributed by atoms with van der Waals surface area (Å²) in [7, 11) is 1.62. The minimum absolute atomic E-state index is 0.0268. The number of aryl methyl sites for hydroxylation is 1. The van der Waals surface area contributed by atoms with Crippen molar-refractivity contribution in [3.05, 3.63) is 47.2 Å². The lowest BCUT2D eigenvalue weighted by atomic mass is 9.74. The maximum absolute atomic E-state index is 12.7. The lowest BCUT2D eigenvalue weighted by Crippen LogP contribution is -2.28. The zero-order valence-corrected chi connectivity index (χ0v) is 24.2. The van der Waals surface area contributed by atoms with Gasteiger partial charge in [-0.1, -0.05) is 38.0 Å². The third-order valence-corrected chi connectivity index (χ3v) is 6.97. The average molecular weight is 561 g/mol. The SMILES string of the molecule is C=C1Oc2cc(CCCCC)cc(OC(=O)C(=O)OCCOCCOCCOCCOC)c2[C@@H]2C=C(C)CC[C@@H]12. The van der Waals surface area contributed by atoms with Crippen LogP contribution < -0.4 is 9.47 Å². The molecule has 0 fully saturated rings. The smallest absolute Gasteiger partial charge is 0.422 e. The Hall–Kier alpha value is -2.72. The molecule has 0 amide bonds. The molecule has 1 aromatic carbocycles. The molecule has 0 saturated carbocycles. The van der Waals surface area contributed by atoms with E-state index in [9.17, 15) is 9.59 Å². The zero-order valence-electron chi connectivity index (χ0n) is 24.2. The molecule has 9 nitrogen and oxygen atoms in total. The molecule has 2 atom stereocenters. The summed E-state index contributed by atoms with van der Waals surface area (Å²) in [5.74, 6) is -0.353. The van der Waals surface area contributed by atoms with Gasteiger partial charge in [0.2, 0.25) is 0 Å². The van der Waals surface area contributed by atoms with Crippen molar-refractivity contribution in [2.75, 3.05) is 60.0 Å². The zero-order chi connectivity index (χ0) is 28.7. The van der Waals surface area contributed by atoms with Crippen LogP contribution in [-0.4, -0.2) is 71.9 Å². The molecule has 1 aliphatic heterocycles. The molecular weight excluding hydrogens is 516 g/mol. The molecule has 0 unspecified atom stereocenters. The van der Waals surface area contributed by atoms with Crippen molar-refractivity contribution in [1.29, 1.82) is 0 Å². The highest BCUT2D eigenvalue weighted by Crippen LogP contribution is 2.51. The van der Waals surface area contributed by atoms with E-state index in [4.69, 9.17) is 33.2 Å². The van der Waals surface area contributed by atoms with Crippen LogP contribution in [0.25, 0.3) is 0 Å². The highest BCUT2D eigenvalue weighted by Gasteiger charge is 2.38. The van der Waals surface area contributed by atoms with Crippen molar-refractivity contribution in [2.45, 2.75) is 58.3 Å². The summed E-state index contributed by atoms with van der Waals surface area (Å²) >= 11 is 0. The van der Waals surface area contributed by atoms with Crippen LogP contribution in [0.2, 0.25) is 0 Å². The lowest BCUT2D eigenvalue weighted by molar-refractivity contribution is -0.163. The largest absolute Gasteiger partial charge is 0.462 e. The van der Waals surface area contributed by atoms with Gasteiger partial charge in [-0.2, -0.15) is 0 Å². The van der Waals surface area contributed by atoms with Crippen molar-refractivity contribution >= 4 is 11.9 Å². The molecular formula is C31H44O9. The van der Waals surface area contributed by atoms with Crippen molar-refractivity contribution in [3.8, 4) is 11.5 Å². The molecule has 9 heteroatoms. The van der Waals surface area contributed by atoms with Crippen molar-refractivity contribution in [1.82, 2.24) is 0 Å². The molecule has 222 valence electrons. The molecule has 1 aliphatic carbocycles. The van der Waals surface area contributed by atoms with Crippen LogP contribution in [-0.2, 0) is 39.7 Å². The third kappa shape index (κ3) is 9.73. The van der Waals surface area contributed by atoms with Gasteiger partial charge >= 0.3 is 11.9 Å². The summed E-state index contributed by atoms with van der Waals surface area (Å²) in [4.78, 5) is 25.2. The highest BCUT2D eigenvalue weighted by atomic mass is 16.6. The van der Waals surface area contributed by atoms with Gasteiger partial charge in [-0.25, -0.2) is 9.59 Å². The maximum Gasteiger partial charge on any atom is 0.422 e. The van der Waals surface area contributed by atoms with Crippen LogP contribution in [0.15, 0.2) is 36.1 Å². The van der Waals surface area contributed by atoms with E-state index in [1.54, 1.807) is 7.11 Å². The predicted molar refractivity (Wildman–Crippen MR) is 150 cm³/mol. The Bertz CT molecular complexity index is 1020. The molecule has 40 heavy (non-hydrogen) atoms. The number of ether oxygens (including phenoxy) is 7. The number of carbonyl (C=O) groups excluding carboxylic acids is 2. The molecule has 0 aromatic heterocycles. The first-order chi connectivity index (χ1) is 19.4. The first-order valence-electron chi connectivity index (χ1n) is 14.3. The van der Waals surface area contributed by atoms with Crippen LogP contribution in [0.4, 0.5) is 0 Å². The van der Waals surface area contributed by atoms with Crippen molar-refractivity contribution in [3.63, 3.8) is 0 Å². The Kier molecular flexibility index (Phi) is 13.7. The van der Waals surface area contributed by atoms with Gasteiger partial charge in [-0.05, 0) is 50.3 Å². The fraction of sp³-hybridized carbons (Fsp3) is 0.613. The molecule has 0 spiro atoms. The molecule has 3 rings (SSSR count). The number of carbonyl (C=O) groups is 2. The number of benzene rings is 1. The normalized spacial score (nSPS) is 17.9. The summed E-state index contributed by atoms with van der Waals surface area (Å²) in [5, 5.41) is 0. The summed E-state index contributed by atoms with van der Waals surface area (Å²) in [6, 6.07) is 3.87. The summed E-state index contributed by atoms with van der Waals surface area (Å²) in [6.45, 7) is 11.2. The Morgan fingerprint density at radius 1 is 0.950 bits per heavy atom. The number of methoxy groups -OCH3 is 1. The van der Waals surface area contributed by atoms with Gasteiger partial charge in [-0.15, -0.1) is 0 Å². The van der Waals surface area contributed by atoms with Crippen LogP contribution in [0.1, 0.15) is 63.0 Å². The average Bonchev–Trinajstić information content (AvgIpc) is 2.93. The fourth-order valence-corrected chi connectivity index (χ4v) is 4.89. The Morgan fingerprint density at radius 2 is 1.62 bits per heavy atom. The van der Waals surface area contributed by atoms with Gasteiger partial charge in [0, 0.05) is 24.5 Å². The molecule has 2 aliphatic rings. The van der Waals surface area contributed by atoms with E-state index in [1.165, 1.54) is 5.57 Å². The fourth-order valence-electron chi connectivity index (χ4n) is 4.89. The second kappa shape index (κ2) is 17.2. The Balaban J connectivity index is 1.53. The number of hydrogen-bond donors (Lipinski definition) is 0. The monoisotopic (exact) mass is 560 g/mol.